The highest BCUT2D eigenvalue weighted by atomic mass is 16.3. The van der Waals surface area contributed by atoms with E-state index in [1.807, 2.05) is 24.3 Å². The lowest BCUT2D eigenvalue weighted by Crippen LogP contribution is -2.30. The summed E-state index contributed by atoms with van der Waals surface area (Å²) in [5, 5.41) is 11.0. The number of nitrogens with one attached hydrogen (secondary N) is 1. The summed E-state index contributed by atoms with van der Waals surface area (Å²) in [5.41, 5.74) is 2.93. The second-order valence-electron chi connectivity index (χ2n) is 5.31. The monoisotopic (exact) mass is 286 g/mol. The molecule has 0 radical (unpaired) electrons. The van der Waals surface area contributed by atoms with Crippen molar-refractivity contribution >= 4 is 22.5 Å². The third-order valence-electron chi connectivity index (χ3n) is 3.93. The number of pyridine rings is 1. The van der Waals surface area contributed by atoms with Crippen LogP contribution in [0, 0.1) is 5.92 Å². The van der Waals surface area contributed by atoms with Crippen molar-refractivity contribution in [3.8, 4) is 0 Å². The van der Waals surface area contributed by atoms with Gasteiger partial charge in [0.15, 0.2) is 0 Å². The molecule has 0 saturated carbocycles. The van der Waals surface area contributed by atoms with Crippen LogP contribution < -0.4 is 11.3 Å². The van der Waals surface area contributed by atoms with Crippen LogP contribution in [0.2, 0.25) is 0 Å². The zero-order valence-electron chi connectivity index (χ0n) is 11.6. The van der Waals surface area contributed by atoms with Crippen LogP contribution in [0.25, 0.3) is 10.8 Å². The molecule has 1 unspecified atom stereocenters. The van der Waals surface area contributed by atoms with E-state index in [4.69, 9.17) is 5.84 Å². The first-order chi connectivity index (χ1) is 10.2. The molecule has 1 aliphatic heterocycles. The second kappa shape index (κ2) is 5.67. The number of hydrogen-bond acceptors (Lipinski definition) is 5. The number of hydrogen-bond donors (Lipinski definition) is 3. The number of carbonyl (C=O) groups excluding carboxylic acids is 1. The van der Waals surface area contributed by atoms with Crippen LogP contribution in [0.1, 0.15) is 16.9 Å². The predicted octanol–water partition coefficient (Wildman–Crippen LogP) is 0.975. The summed E-state index contributed by atoms with van der Waals surface area (Å²) in [5.74, 6) is 6.06. The van der Waals surface area contributed by atoms with Gasteiger partial charge in [0.05, 0.1) is 0 Å². The molecule has 110 valence electrons. The van der Waals surface area contributed by atoms with E-state index in [0.717, 1.165) is 17.2 Å². The standard InChI is InChI=1S/C15H18N4O2/c16-18-14-12-4-2-1-3-11(12)7-13(17-14)15(21)19-6-5-10(8-19)9-20/h1-4,7,10,20H,5-6,8-9,16H2,(H,17,18). The molecule has 4 N–H and O–H groups in total. The molecule has 0 aliphatic carbocycles. The fraction of sp³-hybridized carbons (Fsp3) is 0.333. The largest absolute Gasteiger partial charge is 0.396 e. The number of aromatic nitrogens is 1. The lowest BCUT2D eigenvalue weighted by Gasteiger charge is -2.16. The Balaban J connectivity index is 1.95. The molecule has 1 amide bonds. The maximum absolute atomic E-state index is 12.5. The fourth-order valence-electron chi connectivity index (χ4n) is 2.75. The van der Waals surface area contributed by atoms with Gasteiger partial charge in [0, 0.05) is 31.0 Å². The Morgan fingerprint density at radius 2 is 2.29 bits per heavy atom. The van der Waals surface area contributed by atoms with E-state index in [-0.39, 0.29) is 18.4 Å². The smallest absolute Gasteiger partial charge is 0.272 e. The van der Waals surface area contributed by atoms with E-state index in [1.54, 1.807) is 11.0 Å². The molecule has 3 rings (SSSR count). The quantitative estimate of drug-likeness (QED) is 0.578. The average Bonchev–Trinajstić information content (AvgIpc) is 3.02. The van der Waals surface area contributed by atoms with Gasteiger partial charge in [0.25, 0.3) is 5.91 Å². The van der Waals surface area contributed by atoms with Crippen molar-refractivity contribution in [2.75, 3.05) is 25.1 Å². The normalized spacial score (nSPS) is 18.2. The van der Waals surface area contributed by atoms with E-state index in [9.17, 15) is 9.90 Å². The van der Waals surface area contributed by atoms with E-state index in [1.165, 1.54) is 0 Å². The number of nitrogens with zero attached hydrogens (tertiary/aromatic N) is 2. The summed E-state index contributed by atoms with van der Waals surface area (Å²) in [4.78, 5) is 18.6. The molecular weight excluding hydrogens is 268 g/mol. The number of likely N-dealkylation sites (tertiary alicyclic amines) is 1. The lowest BCUT2D eigenvalue weighted by atomic mass is 10.1. The number of anilines is 1. The van der Waals surface area contributed by atoms with Crippen LogP contribution in [0.15, 0.2) is 30.3 Å². The number of carbonyl (C=O) groups is 1. The van der Waals surface area contributed by atoms with Crippen molar-refractivity contribution in [1.82, 2.24) is 9.88 Å². The van der Waals surface area contributed by atoms with E-state index < -0.39 is 0 Å². The molecule has 1 aromatic carbocycles. The SMILES string of the molecule is NNc1nc(C(=O)N2CCC(CO)C2)cc2ccccc12. The van der Waals surface area contributed by atoms with E-state index in [2.05, 4.69) is 10.4 Å². The zero-order valence-corrected chi connectivity index (χ0v) is 11.6. The highest BCUT2D eigenvalue weighted by molar-refractivity contribution is 6.00. The number of aliphatic hydroxyl groups excluding tert-OH is 1. The molecule has 1 fully saturated rings. The van der Waals surface area contributed by atoms with Crippen molar-refractivity contribution in [2.45, 2.75) is 6.42 Å². The number of benzene rings is 1. The molecule has 1 atom stereocenters. The minimum atomic E-state index is -0.117. The molecule has 0 bridgehead atoms. The van der Waals surface area contributed by atoms with Crippen LogP contribution in [-0.4, -0.2) is 40.6 Å². The number of hydrazine groups is 1. The van der Waals surface area contributed by atoms with Crippen molar-refractivity contribution in [2.24, 2.45) is 11.8 Å². The van der Waals surface area contributed by atoms with E-state index >= 15 is 0 Å². The molecule has 0 spiro atoms. The molecule has 6 heteroatoms. The summed E-state index contributed by atoms with van der Waals surface area (Å²) in [6.07, 6.45) is 0.831. The molecular formula is C15H18N4O2. The van der Waals surface area contributed by atoms with Gasteiger partial charge in [-0.2, -0.15) is 0 Å². The van der Waals surface area contributed by atoms with Crippen LogP contribution in [-0.2, 0) is 0 Å². The van der Waals surface area contributed by atoms with Gasteiger partial charge in [0.1, 0.15) is 11.5 Å². The Bertz CT molecular complexity index is 674. The minimum Gasteiger partial charge on any atom is -0.396 e. The second-order valence-corrected chi connectivity index (χ2v) is 5.31. The molecule has 21 heavy (non-hydrogen) atoms. The van der Waals surface area contributed by atoms with Gasteiger partial charge < -0.3 is 15.4 Å². The molecule has 2 aromatic rings. The van der Waals surface area contributed by atoms with Crippen LogP contribution in [0.4, 0.5) is 5.82 Å². The maximum atomic E-state index is 12.5. The van der Waals surface area contributed by atoms with Gasteiger partial charge in [-0.05, 0) is 17.9 Å². The first-order valence-corrected chi connectivity index (χ1v) is 6.99. The Labute approximate surface area is 122 Å². The van der Waals surface area contributed by atoms with E-state index in [0.29, 0.717) is 24.6 Å². The number of amides is 1. The number of aliphatic hydroxyl groups is 1. The molecule has 6 nitrogen and oxygen atoms in total. The highest BCUT2D eigenvalue weighted by Gasteiger charge is 2.27. The van der Waals surface area contributed by atoms with Crippen LogP contribution in [0.5, 0.6) is 0 Å². The summed E-state index contributed by atoms with van der Waals surface area (Å²) >= 11 is 0. The van der Waals surface area contributed by atoms with Gasteiger partial charge in [-0.15, -0.1) is 0 Å². The van der Waals surface area contributed by atoms with Crippen molar-refractivity contribution in [3.63, 3.8) is 0 Å². The first-order valence-electron chi connectivity index (χ1n) is 6.99. The Hall–Kier alpha value is -2.18. The molecule has 1 saturated heterocycles. The average molecular weight is 286 g/mol. The number of fused-ring (bicyclic) bond motifs is 1. The molecule has 1 aromatic heterocycles. The molecule has 2 heterocycles. The van der Waals surface area contributed by atoms with Gasteiger partial charge >= 0.3 is 0 Å². The van der Waals surface area contributed by atoms with Crippen molar-refractivity contribution < 1.29 is 9.90 Å². The summed E-state index contributed by atoms with van der Waals surface area (Å²) in [7, 11) is 0. The number of rotatable bonds is 3. The third-order valence-corrected chi connectivity index (χ3v) is 3.93. The van der Waals surface area contributed by atoms with Gasteiger partial charge in [-0.25, -0.2) is 10.8 Å². The number of nitrogen functional groups attached to an aromatic ring is 1. The van der Waals surface area contributed by atoms with Gasteiger partial charge in [-0.1, -0.05) is 24.3 Å². The topological polar surface area (TPSA) is 91.5 Å². The van der Waals surface area contributed by atoms with Crippen LogP contribution in [0.3, 0.4) is 0 Å². The summed E-state index contributed by atoms with van der Waals surface area (Å²) < 4.78 is 0. The Morgan fingerprint density at radius 1 is 1.48 bits per heavy atom. The van der Waals surface area contributed by atoms with Crippen molar-refractivity contribution in [3.05, 3.63) is 36.0 Å². The fourth-order valence-corrected chi connectivity index (χ4v) is 2.75. The summed E-state index contributed by atoms with van der Waals surface area (Å²) in [6.45, 7) is 1.35. The summed E-state index contributed by atoms with van der Waals surface area (Å²) in [6, 6.07) is 9.43. The Morgan fingerprint density at radius 3 is 3.00 bits per heavy atom. The predicted molar refractivity (Wildman–Crippen MR) is 80.6 cm³/mol. The minimum absolute atomic E-state index is 0.116. The third kappa shape index (κ3) is 2.55. The van der Waals surface area contributed by atoms with Gasteiger partial charge in [-0.3, -0.25) is 4.79 Å². The zero-order chi connectivity index (χ0) is 14.8. The van der Waals surface area contributed by atoms with Crippen molar-refractivity contribution in [1.29, 1.82) is 0 Å². The van der Waals surface area contributed by atoms with Gasteiger partial charge in [0.2, 0.25) is 0 Å². The van der Waals surface area contributed by atoms with Crippen LogP contribution >= 0.6 is 0 Å². The number of nitrogens with two attached hydrogens (primary N) is 1. The first kappa shape index (κ1) is 13.8. The lowest BCUT2D eigenvalue weighted by molar-refractivity contribution is 0.0776. The maximum Gasteiger partial charge on any atom is 0.272 e. The highest BCUT2D eigenvalue weighted by Crippen LogP contribution is 2.24. The molecule has 1 aliphatic rings. The Kier molecular flexibility index (Phi) is 3.72.